The van der Waals surface area contributed by atoms with Crippen LogP contribution in [0.25, 0.3) is 5.82 Å². The molecule has 11 nitrogen and oxygen atoms in total. The van der Waals surface area contributed by atoms with E-state index in [1.807, 2.05) is 11.5 Å². The van der Waals surface area contributed by atoms with Crippen LogP contribution >= 0.6 is 0 Å². The highest BCUT2D eigenvalue weighted by Crippen LogP contribution is 2.22. The number of carbonyl (C=O) groups is 1. The number of ether oxygens (including phenoxy) is 1. The summed E-state index contributed by atoms with van der Waals surface area (Å²) < 4.78 is 34.4. The molecule has 31 heavy (non-hydrogen) atoms. The molecule has 4 N–H and O–H groups in total. The lowest BCUT2D eigenvalue weighted by Crippen LogP contribution is -2.29. The quantitative estimate of drug-likeness (QED) is 0.408. The number of hydrogen-bond acceptors (Lipinski definition) is 8. The molecule has 0 saturated heterocycles. The first-order valence-corrected chi connectivity index (χ1v) is 10.8. The van der Waals surface area contributed by atoms with E-state index in [2.05, 4.69) is 25.0 Å². The minimum absolute atomic E-state index is 0.0118. The predicted molar refractivity (Wildman–Crippen MR) is 114 cm³/mol. The molecule has 0 spiro atoms. The summed E-state index contributed by atoms with van der Waals surface area (Å²) in [6.45, 7) is 3.99. The number of primary amides is 1. The summed E-state index contributed by atoms with van der Waals surface area (Å²) in [4.78, 5) is 24.3. The maximum absolute atomic E-state index is 12.6. The summed E-state index contributed by atoms with van der Waals surface area (Å²) >= 11 is 0. The standard InChI is InChI=1S/C19H23N7O4S/c1-12-24-17(11-18(25-12)26-9-8-21-13(26)2)22-6-7-23-31(28,29)14-4-5-16(30-3)15(10-14)19(20)27/h4-5,8-11,23H,6-7H2,1-3H3,(H2,20,27)(H,22,24,25). The number of imidazole rings is 1. The molecule has 0 aliphatic heterocycles. The first-order valence-electron chi connectivity index (χ1n) is 9.28. The second-order valence-corrected chi connectivity index (χ2v) is 8.32. The van der Waals surface area contributed by atoms with E-state index in [1.54, 1.807) is 25.4 Å². The third kappa shape index (κ3) is 5.16. The zero-order valence-electron chi connectivity index (χ0n) is 17.3. The Morgan fingerprint density at radius 1 is 1.19 bits per heavy atom. The van der Waals surface area contributed by atoms with Crippen molar-refractivity contribution in [2.24, 2.45) is 5.73 Å². The Morgan fingerprint density at radius 3 is 2.61 bits per heavy atom. The molecule has 0 fully saturated rings. The number of nitrogens with zero attached hydrogens (tertiary/aromatic N) is 4. The second-order valence-electron chi connectivity index (χ2n) is 6.55. The van der Waals surface area contributed by atoms with Crippen LogP contribution in [-0.4, -0.2) is 54.0 Å². The van der Waals surface area contributed by atoms with Gasteiger partial charge in [-0.25, -0.2) is 28.1 Å². The zero-order valence-corrected chi connectivity index (χ0v) is 18.1. The third-order valence-electron chi connectivity index (χ3n) is 4.37. The van der Waals surface area contributed by atoms with E-state index in [-0.39, 0.29) is 29.3 Å². The topological polar surface area (TPSA) is 154 Å². The number of anilines is 1. The van der Waals surface area contributed by atoms with Crippen LogP contribution in [0.15, 0.2) is 41.6 Å². The summed E-state index contributed by atoms with van der Waals surface area (Å²) in [6.07, 6.45) is 3.47. The molecule has 12 heteroatoms. The molecule has 0 aliphatic rings. The number of nitrogens with one attached hydrogen (secondary N) is 2. The van der Waals surface area contributed by atoms with Gasteiger partial charge in [-0.2, -0.15) is 0 Å². The molecule has 3 rings (SSSR count). The van der Waals surface area contributed by atoms with E-state index in [0.29, 0.717) is 17.5 Å². The van der Waals surface area contributed by atoms with Crippen molar-refractivity contribution in [2.45, 2.75) is 18.7 Å². The lowest BCUT2D eigenvalue weighted by molar-refractivity contribution is 0.0997. The molecule has 2 heterocycles. The van der Waals surface area contributed by atoms with Crippen molar-refractivity contribution in [3.05, 3.63) is 53.9 Å². The molecule has 0 atom stereocenters. The highest BCUT2D eigenvalue weighted by Gasteiger charge is 2.18. The van der Waals surface area contributed by atoms with E-state index >= 15 is 0 Å². The molecular weight excluding hydrogens is 422 g/mol. The average molecular weight is 446 g/mol. The molecular formula is C19H23N7O4S. The minimum Gasteiger partial charge on any atom is -0.496 e. The number of nitrogens with two attached hydrogens (primary N) is 1. The Morgan fingerprint density at radius 2 is 1.97 bits per heavy atom. The van der Waals surface area contributed by atoms with Crippen molar-refractivity contribution < 1.29 is 17.9 Å². The Kier molecular flexibility index (Phi) is 6.51. The normalized spacial score (nSPS) is 11.3. The number of aryl methyl sites for hydroxylation is 2. The van der Waals surface area contributed by atoms with Crippen molar-refractivity contribution >= 4 is 21.7 Å². The van der Waals surface area contributed by atoms with Gasteiger partial charge in [0.2, 0.25) is 10.0 Å². The third-order valence-corrected chi connectivity index (χ3v) is 5.83. The van der Waals surface area contributed by atoms with Gasteiger partial charge in [-0.1, -0.05) is 0 Å². The summed E-state index contributed by atoms with van der Waals surface area (Å²) in [5.41, 5.74) is 5.28. The molecule has 0 bridgehead atoms. The Hall–Kier alpha value is -3.51. The van der Waals surface area contributed by atoms with Crippen LogP contribution in [0.5, 0.6) is 5.75 Å². The van der Waals surface area contributed by atoms with Crippen molar-refractivity contribution in [1.82, 2.24) is 24.2 Å². The molecule has 1 aromatic carbocycles. The summed E-state index contributed by atoms with van der Waals surface area (Å²) in [5.74, 6) is 1.98. The van der Waals surface area contributed by atoms with Gasteiger partial charge in [-0.15, -0.1) is 0 Å². The number of amides is 1. The van der Waals surface area contributed by atoms with Crippen LogP contribution in [0.4, 0.5) is 5.82 Å². The van der Waals surface area contributed by atoms with Crippen molar-refractivity contribution in [3.8, 4) is 11.6 Å². The number of methoxy groups -OCH3 is 1. The first kappa shape index (κ1) is 22.2. The van der Waals surface area contributed by atoms with Crippen molar-refractivity contribution in [1.29, 1.82) is 0 Å². The van der Waals surface area contributed by atoms with Gasteiger partial charge in [0.05, 0.1) is 17.6 Å². The van der Waals surface area contributed by atoms with Gasteiger partial charge in [0.1, 0.15) is 29.0 Å². The van der Waals surface area contributed by atoms with Gasteiger partial charge >= 0.3 is 0 Å². The monoisotopic (exact) mass is 445 g/mol. The largest absolute Gasteiger partial charge is 0.496 e. The number of hydrogen-bond donors (Lipinski definition) is 3. The number of benzene rings is 1. The van der Waals surface area contributed by atoms with Crippen LogP contribution in [0.3, 0.4) is 0 Å². The highest BCUT2D eigenvalue weighted by molar-refractivity contribution is 7.89. The van der Waals surface area contributed by atoms with E-state index in [9.17, 15) is 13.2 Å². The van der Waals surface area contributed by atoms with Gasteiger partial charge in [0.25, 0.3) is 5.91 Å². The number of carbonyl (C=O) groups excluding carboxylic acids is 1. The van der Waals surface area contributed by atoms with Crippen LogP contribution < -0.4 is 20.5 Å². The molecule has 0 aliphatic carbocycles. The van der Waals surface area contributed by atoms with Crippen LogP contribution in [0.2, 0.25) is 0 Å². The Bertz CT molecular complexity index is 1210. The van der Waals surface area contributed by atoms with Crippen LogP contribution in [0.1, 0.15) is 22.0 Å². The van der Waals surface area contributed by atoms with E-state index in [4.69, 9.17) is 10.5 Å². The number of aromatic nitrogens is 4. The van der Waals surface area contributed by atoms with E-state index in [1.165, 1.54) is 25.3 Å². The van der Waals surface area contributed by atoms with Gasteiger partial charge in [-0.3, -0.25) is 9.36 Å². The maximum Gasteiger partial charge on any atom is 0.252 e. The van der Waals surface area contributed by atoms with Crippen LogP contribution in [0, 0.1) is 13.8 Å². The van der Waals surface area contributed by atoms with E-state index < -0.39 is 15.9 Å². The second kappa shape index (κ2) is 9.10. The van der Waals surface area contributed by atoms with E-state index in [0.717, 1.165) is 5.82 Å². The van der Waals surface area contributed by atoms with Gasteiger partial charge < -0.3 is 15.8 Å². The number of rotatable bonds is 9. The fourth-order valence-electron chi connectivity index (χ4n) is 2.89. The molecule has 3 aromatic rings. The smallest absolute Gasteiger partial charge is 0.252 e. The van der Waals surface area contributed by atoms with Crippen LogP contribution in [-0.2, 0) is 10.0 Å². The molecule has 0 saturated carbocycles. The Labute approximate surface area is 179 Å². The predicted octanol–water partition coefficient (Wildman–Crippen LogP) is 0.777. The lowest BCUT2D eigenvalue weighted by Gasteiger charge is -2.12. The maximum atomic E-state index is 12.6. The Balaban J connectivity index is 1.66. The molecule has 1 amide bonds. The highest BCUT2D eigenvalue weighted by atomic mass is 32.2. The fraction of sp³-hybridized carbons (Fsp3) is 0.263. The summed E-state index contributed by atoms with van der Waals surface area (Å²) in [7, 11) is -2.48. The molecule has 0 radical (unpaired) electrons. The molecule has 164 valence electrons. The SMILES string of the molecule is COc1ccc(S(=O)(=O)NCCNc2cc(-n3ccnc3C)nc(C)n2)cc1C(N)=O. The fourth-order valence-corrected chi connectivity index (χ4v) is 3.95. The van der Waals surface area contributed by atoms with Gasteiger partial charge in [0.15, 0.2) is 0 Å². The summed E-state index contributed by atoms with van der Waals surface area (Å²) in [5, 5.41) is 3.07. The zero-order chi connectivity index (χ0) is 22.6. The first-order chi connectivity index (χ1) is 14.7. The molecule has 0 unspecified atom stereocenters. The summed E-state index contributed by atoms with van der Waals surface area (Å²) in [6, 6.07) is 5.66. The van der Waals surface area contributed by atoms with Gasteiger partial charge in [0, 0.05) is 31.5 Å². The van der Waals surface area contributed by atoms with Crippen molar-refractivity contribution in [3.63, 3.8) is 0 Å². The molecule has 2 aromatic heterocycles. The average Bonchev–Trinajstić information content (AvgIpc) is 3.16. The lowest BCUT2D eigenvalue weighted by atomic mass is 10.2. The number of sulfonamides is 1. The minimum atomic E-state index is -3.85. The van der Waals surface area contributed by atoms with Gasteiger partial charge in [-0.05, 0) is 32.0 Å². The van der Waals surface area contributed by atoms with Crippen molar-refractivity contribution in [2.75, 3.05) is 25.5 Å².